The Bertz CT molecular complexity index is 486. The molecule has 6 heteroatoms. The third-order valence-corrected chi connectivity index (χ3v) is 2.06. The van der Waals surface area contributed by atoms with Crippen molar-refractivity contribution in [1.82, 2.24) is 9.61 Å². The zero-order chi connectivity index (χ0) is 11.5. The smallest absolute Gasteiger partial charge is 0.233 e. The molecular formula is C10H11FN2O3. The van der Waals surface area contributed by atoms with Crippen LogP contribution in [0.3, 0.4) is 0 Å². The third kappa shape index (κ3) is 2.29. The molecule has 0 unspecified atom stereocenters. The number of hydrogen-bond donors (Lipinski definition) is 2. The first-order chi connectivity index (χ1) is 7.69. The van der Waals surface area contributed by atoms with Crippen molar-refractivity contribution in [2.24, 2.45) is 0 Å². The van der Waals surface area contributed by atoms with Crippen LogP contribution in [0, 0.1) is 5.95 Å². The number of rotatable bonds is 4. The van der Waals surface area contributed by atoms with Crippen LogP contribution in [-0.2, 0) is 0 Å². The summed E-state index contributed by atoms with van der Waals surface area (Å²) in [6.45, 7) is -0.385. The molecule has 86 valence electrons. The number of hydrogen-bond acceptors (Lipinski definition) is 4. The molecule has 0 aliphatic rings. The molecule has 2 aromatic heterocycles. The highest BCUT2D eigenvalue weighted by atomic mass is 19.1. The van der Waals surface area contributed by atoms with E-state index in [0.717, 1.165) is 0 Å². The van der Waals surface area contributed by atoms with Gasteiger partial charge >= 0.3 is 0 Å². The lowest BCUT2D eigenvalue weighted by molar-refractivity contribution is 0.0534. The summed E-state index contributed by atoms with van der Waals surface area (Å²) in [5, 5.41) is 21.2. The van der Waals surface area contributed by atoms with E-state index in [4.69, 9.17) is 14.9 Å². The van der Waals surface area contributed by atoms with Crippen molar-refractivity contribution >= 4 is 5.52 Å². The first-order valence-electron chi connectivity index (χ1n) is 4.75. The van der Waals surface area contributed by atoms with Crippen LogP contribution in [0.2, 0.25) is 0 Å². The second-order valence-electron chi connectivity index (χ2n) is 3.35. The number of nitrogens with zero attached hydrogens (tertiary/aromatic N) is 2. The average molecular weight is 226 g/mol. The van der Waals surface area contributed by atoms with Gasteiger partial charge in [-0.1, -0.05) is 0 Å². The summed E-state index contributed by atoms with van der Waals surface area (Å²) in [6.07, 6.45) is 0.577. The summed E-state index contributed by atoms with van der Waals surface area (Å²) >= 11 is 0. The van der Waals surface area contributed by atoms with Gasteiger partial charge in [-0.3, -0.25) is 0 Å². The van der Waals surface area contributed by atoms with Crippen molar-refractivity contribution < 1.29 is 19.3 Å². The summed E-state index contributed by atoms with van der Waals surface area (Å²) in [5.41, 5.74) is 0.618. The lowest BCUT2D eigenvalue weighted by Crippen LogP contribution is -2.21. The van der Waals surface area contributed by atoms with Gasteiger partial charge < -0.3 is 14.9 Å². The largest absolute Gasteiger partial charge is 0.489 e. The Morgan fingerprint density at radius 1 is 1.50 bits per heavy atom. The molecule has 0 aromatic carbocycles. The van der Waals surface area contributed by atoms with E-state index in [-0.39, 0.29) is 13.2 Å². The fourth-order valence-corrected chi connectivity index (χ4v) is 1.27. The topological polar surface area (TPSA) is 67.0 Å². The van der Waals surface area contributed by atoms with Crippen LogP contribution in [-0.4, -0.2) is 39.1 Å². The van der Waals surface area contributed by atoms with Gasteiger partial charge in [0.05, 0.1) is 18.3 Å². The molecule has 0 aliphatic heterocycles. The summed E-state index contributed by atoms with van der Waals surface area (Å²) in [7, 11) is 0. The van der Waals surface area contributed by atoms with Crippen molar-refractivity contribution in [1.29, 1.82) is 0 Å². The van der Waals surface area contributed by atoms with Crippen molar-refractivity contribution in [3.63, 3.8) is 0 Å². The normalized spacial score (nSPS) is 12.9. The summed E-state index contributed by atoms with van der Waals surface area (Å²) in [4.78, 5) is 0. The maximum Gasteiger partial charge on any atom is 0.233 e. The lowest BCUT2D eigenvalue weighted by atomic mass is 10.4. The fourth-order valence-electron chi connectivity index (χ4n) is 1.27. The molecule has 0 aliphatic carbocycles. The van der Waals surface area contributed by atoms with Crippen LogP contribution < -0.4 is 4.74 Å². The molecule has 0 amide bonds. The van der Waals surface area contributed by atoms with Gasteiger partial charge in [-0.05, 0) is 12.1 Å². The maximum atomic E-state index is 12.8. The Morgan fingerprint density at radius 2 is 2.31 bits per heavy atom. The van der Waals surface area contributed by atoms with Gasteiger partial charge in [-0.2, -0.15) is 4.39 Å². The molecule has 0 saturated heterocycles. The van der Waals surface area contributed by atoms with Crippen molar-refractivity contribution in [3.8, 4) is 5.75 Å². The quantitative estimate of drug-likeness (QED) is 0.781. The monoisotopic (exact) mass is 226 g/mol. The fraction of sp³-hybridized carbons (Fsp3) is 0.300. The molecule has 2 heterocycles. The summed E-state index contributed by atoms with van der Waals surface area (Å²) in [6, 6.07) is 4.59. The number of aliphatic hydroxyl groups excluding tert-OH is 2. The number of ether oxygens (including phenoxy) is 1. The predicted molar refractivity (Wildman–Crippen MR) is 53.7 cm³/mol. The third-order valence-electron chi connectivity index (χ3n) is 2.06. The van der Waals surface area contributed by atoms with Crippen LogP contribution >= 0.6 is 0 Å². The molecule has 2 N–H and O–H groups in total. The highest BCUT2D eigenvalue weighted by Crippen LogP contribution is 2.13. The van der Waals surface area contributed by atoms with Crippen LogP contribution in [0.4, 0.5) is 4.39 Å². The lowest BCUT2D eigenvalue weighted by Gasteiger charge is -2.09. The van der Waals surface area contributed by atoms with Crippen LogP contribution in [0.5, 0.6) is 5.75 Å². The minimum atomic E-state index is -0.926. The van der Waals surface area contributed by atoms with Gasteiger partial charge in [-0.25, -0.2) is 4.52 Å². The molecule has 0 fully saturated rings. The Morgan fingerprint density at radius 3 is 3.06 bits per heavy atom. The zero-order valence-corrected chi connectivity index (χ0v) is 8.38. The number of aromatic nitrogens is 2. The minimum Gasteiger partial charge on any atom is -0.489 e. The van der Waals surface area contributed by atoms with E-state index in [1.165, 1.54) is 16.8 Å². The molecule has 2 rings (SSSR count). The van der Waals surface area contributed by atoms with Gasteiger partial charge in [0.25, 0.3) is 0 Å². The van der Waals surface area contributed by atoms with Gasteiger partial charge in [0, 0.05) is 6.07 Å². The minimum absolute atomic E-state index is 0.0221. The predicted octanol–water partition coefficient (Wildman–Crippen LogP) is 0.205. The maximum absolute atomic E-state index is 12.8. The van der Waals surface area contributed by atoms with Gasteiger partial charge in [-0.15, -0.1) is 5.10 Å². The van der Waals surface area contributed by atoms with E-state index in [2.05, 4.69) is 5.10 Å². The molecule has 0 radical (unpaired) electrons. The highest BCUT2D eigenvalue weighted by Gasteiger charge is 2.05. The molecule has 0 bridgehead atoms. The van der Waals surface area contributed by atoms with Gasteiger partial charge in [0.2, 0.25) is 5.95 Å². The van der Waals surface area contributed by atoms with Crippen molar-refractivity contribution in [2.45, 2.75) is 6.10 Å². The Labute approximate surface area is 90.7 Å². The average Bonchev–Trinajstić information content (AvgIpc) is 2.65. The first kappa shape index (κ1) is 10.8. The van der Waals surface area contributed by atoms with Gasteiger partial charge in [0.1, 0.15) is 18.5 Å². The molecule has 1 atom stereocenters. The van der Waals surface area contributed by atoms with E-state index in [9.17, 15) is 4.39 Å². The van der Waals surface area contributed by atoms with E-state index < -0.39 is 12.1 Å². The molecule has 5 nitrogen and oxygen atoms in total. The molecule has 0 saturated carbocycles. The number of halogens is 1. The number of aliphatic hydroxyl groups is 2. The first-order valence-corrected chi connectivity index (χ1v) is 4.75. The van der Waals surface area contributed by atoms with E-state index in [0.29, 0.717) is 11.3 Å². The van der Waals surface area contributed by atoms with Crippen LogP contribution in [0.15, 0.2) is 24.4 Å². The SMILES string of the molecule is OC[C@@H](O)COc1ccc2cc(F)nn2c1. The zero-order valence-electron chi connectivity index (χ0n) is 8.38. The van der Waals surface area contributed by atoms with E-state index in [1.807, 2.05) is 0 Å². The summed E-state index contributed by atoms with van der Waals surface area (Å²) < 4.78 is 19.3. The second-order valence-corrected chi connectivity index (χ2v) is 3.35. The molecule has 16 heavy (non-hydrogen) atoms. The molecule has 0 spiro atoms. The Hall–Kier alpha value is -1.66. The van der Waals surface area contributed by atoms with Crippen molar-refractivity contribution in [2.75, 3.05) is 13.2 Å². The van der Waals surface area contributed by atoms with Crippen LogP contribution in [0.25, 0.3) is 5.52 Å². The number of fused-ring (bicyclic) bond motifs is 1. The molecular weight excluding hydrogens is 215 g/mol. The summed E-state index contributed by atoms with van der Waals surface area (Å²) in [5.74, 6) is -0.115. The van der Waals surface area contributed by atoms with E-state index in [1.54, 1.807) is 12.1 Å². The van der Waals surface area contributed by atoms with E-state index >= 15 is 0 Å². The van der Waals surface area contributed by atoms with Gasteiger partial charge in [0.15, 0.2) is 0 Å². The Balaban J connectivity index is 2.13. The van der Waals surface area contributed by atoms with Crippen LogP contribution in [0.1, 0.15) is 0 Å². The highest BCUT2D eigenvalue weighted by molar-refractivity contribution is 5.47. The molecule has 2 aromatic rings. The van der Waals surface area contributed by atoms with Crippen molar-refractivity contribution in [3.05, 3.63) is 30.3 Å². The second kappa shape index (κ2) is 4.46. The standard InChI is InChI=1S/C10H11FN2O3/c11-10-3-7-1-2-9(4-13(7)12-10)16-6-8(15)5-14/h1-4,8,14-15H,5-6H2/t8-/m1/s1. The Kier molecular flexibility index (Phi) is 3.02. The number of pyridine rings is 1.